The van der Waals surface area contributed by atoms with E-state index in [4.69, 9.17) is 4.74 Å². The fraction of sp³-hybridized carbons (Fsp3) is 0.579. The lowest BCUT2D eigenvalue weighted by Crippen LogP contribution is -2.51. The van der Waals surface area contributed by atoms with Crippen LogP contribution in [-0.4, -0.2) is 55.6 Å². The molecule has 0 spiro atoms. The van der Waals surface area contributed by atoms with Gasteiger partial charge in [-0.3, -0.25) is 9.69 Å². The number of morpholine rings is 1. The zero-order valence-electron chi connectivity index (χ0n) is 14.5. The summed E-state index contributed by atoms with van der Waals surface area (Å²) in [7, 11) is 0. The number of piperidine rings is 1. The molecule has 2 heterocycles. The predicted octanol–water partition coefficient (Wildman–Crippen LogP) is 2.45. The van der Waals surface area contributed by atoms with Crippen LogP contribution >= 0.6 is 0 Å². The predicted molar refractivity (Wildman–Crippen MR) is 93.4 cm³/mol. The molecule has 3 rings (SSSR count). The summed E-state index contributed by atoms with van der Waals surface area (Å²) >= 11 is 0. The minimum atomic E-state index is 0.0398. The number of rotatable bonds is 3. The highest BCUT2D eigenvalue weighted by atomic mass is 16.5. The number of ketones is 1. The topological polar surface area (TPSA) is 56.6 Å². The Bertz CT molecular complexity index is 645. The molecule has 0 radical (unpaired) electrons. The monoisotopic (exact) mass is 327 g/mol. The van der Waals surface area contributed by atoms with Gasteiger partial charge in [0.05, 0.1) is 24.0 Å². The van der Waals surface area contributed by atoms with Gasteiger partial charge in [0.15, 0.2) is 5.78 Å². The Morgan fingerprint density at radius 2 is 2.04 bits per heavy atom. The molecule has 1 aromatic rings. The van der Waals surface area contributed by atoms with Crippen molar-refractivity contribution in [1.29, 1.82) is 5.26 Å². The number of ether oxygens (including phenoxy) is 1. The molecule has 2 aliphatic heterocycles. The zero-order chi connectivity index (χ0) is 17.1. The second-order valence-electron chi connectivity index (χ2n) is 6.79. The first kappa shape index (κ1) is 16.9. The van der Waals surface area contributed by atoms with Crippen LogP contribution in [0, 0.1) is 11.3 Å². The van der Waals surface area contributed by atoms with E-state index >= 15 is 0 Å². The van der Waals surface area contributed by atoms with Gasteiger partial charge in [-0.1, -0.05) is 0 Å². The number of hydrogen-bond donors (Lipinski definition) is 0. The van der Waals surface area contributed by atoms with Crippen molar-refractivity contribution >= 4 is 11.5 Å². The number of anilines is 1. The Hall–Kier alpha value is -1.90. The SMILES string of the molecule is CC(=O)c1ccc(C#N)c(N2CCC(N3CCOC(C)C3)CC2)c1. The minimum Gasteiger partial charge on any atom is -0.376 e. The van der Waals surface area contributed by atoms with E-state index in [9.17, 15) is 10.1 Å². The van der Waals surface area contributed by atoms with Crippen molar-refractivity contribution in [2.24, 2.45) is 0 Å². The Balaban J connectivity index is 1.69. The average Bonchev–Trinajstić information content (AvgIpc) is 2.61. The summed E-state index contributed by atoms with van der Waals surface area (Å²) in [6, 6.07) is 8.23. The van der Waals surface area contributed by atoms with Gasteiger partial charge in [0, 0.05) is 37.8 Å². The number of nitriles is 1. The van der Waals surface area contributed by atoms with Crippen LogP contribution in [0.5, 0.6) is 0 Å². The maximum Gasteiger partial charge on any atom is 0.159 e. The second-order valence-corrected chi connectivity index (χ2v) is 6.79. The van der Waals surface area contributed by atoms with Crippen molar-refractivity contribution in [2.45, 2.75) is 38.8 Å². The number of hydrogen-bond acceptors (Lipinski definition) is 5. The maximum atomic E-state index is 11.6. The Kier molecular flexibility index (Phi) is 5.17. The van der Waals surface area contributed by atoms with Gasteiger partial charge >= 0.3 is 0 Å². The molecule has 0 bridgehead atoms. The van der Waals surface area contributed by atoms with E-state index in [1.807, 2.05) is 6.07 Å². The van der Waals surface area contributed by atoms with Gasteiger partial charge in [-0.15, -0.1) is 0 Å². The molecule has 0 amide bonds. The number of nitrogens with zero attached hydrogens (tertiary/aromatic N) is 3. The molecule has 2 fully saturated rings. The number of carbonyl (C=O) groups excluding carboxylic acids is 1. The van der Waals surface area contributed by atoms with Gasteiger partial charge in [-0.2, -0.15) is 5.26 Å². The van der Waals surface area contributed by atoms with E-state index in [1.54, 1.807) is 19.1 Å². The summed E-state index contributed by atoms with van der Waals surface area (Å²) in [5, 5.41) is 9.38. The molecule has 1 unspecified atom stereocenters. The third-order valence-corrected chi connectivity index (χ3v) is 5.12. The van der Waals surface area contributed by atoms with Gasteiger partial charge in [0.2, 0.25) is 0 Å². The molecule has 2 saturated heterocycles. The summed E-state index contributed by atoms with van der Waals surface area (Å²) in [6.07, 6.45) is 2.48. The molecule has 1 aromatic carbocycles. The highest BCUT2D eigenvalue weighted by Crippen LogP contribution is 2.27. The van der Waals surface area contributed by atoms with Crippen LogP contribution in [-0.2, 0) is 4.74 Å². The Morgan fingerprint density at radius 3 is 2.67 bits per heavy atom. The van der Waals surface area contributed by atoms with Crippen LogP contribution in [0.25, 0.3) is 0 Å². The average molecular weight is 327 g/mol. The summed E-state index contributed by atoms with van der Waals surface area (Å²) in [5.74, 6) is 0.0398. The van der Waals surface area contributed by atoms with Crippen LogP contribution < -0.4 is 4.90 Å². The van der Waals surface area contributed by atoms with Gasteiger partial charge in [0.25, 0.3) is 0 Å². The Morgan fingerprint density at radius 1 is 1.29 bits per heavy atom. The number of Topliss-reactive ketones (excluding diaryl/α,β-unsaturated/α-hetero) is 1. The van der Waals surface area contributed by atoms with Gasteiger partial charge < -0.3 is 9.64 Å². The van der Waals surface area contributed by atoms with Gasteiger partial charge in [-0.05, 0) is 44.9 Å². The zero-order valence-corrected chi connectivity index (χ0v) is 14.5. The summed E-state index contributed by atoms with van der Waals surface area (Å²) in [6.45, 7) is 8.39. The molecule has 5 nitrogen and oxygen atoms in total. The number of benzene rings is 1. The number of carbonyl (C=O) groups is 1. The quantitative estimate of drug-likeness (QED) is 0.798. The molecule has 24 heavy (non-hydrogen) atoms. The molecule has 0 saturated carbocycles. The minimum absolute atomic E-state index is 0.0398. The second kappa shape index (κ2) is 7.33. The highest BCUT2D eigenvalue weighted by Gasteiger charge is 2.28. The maximum absolute atomic E-state index is 11.6. The summed E-state index contributed by atoms with van der Waals surface area (Å²) in [4.78, 5) is 16.4. The summed E-state index contributed by atoms with van der Waals surface area (Å²) < 4.78 is 5.64. The van der Waals surface area contributed by atoms with Crippen molar-refractivity contribution in [3.8, 4) is 6.07 Å². The van der Waals surface area contributed by atoms with E-state index in [-0.39, 0.29) is 5.78 Å². The first-order valence-corrected chi connectivity index (χ1v) is 8.74. The van der Waals surface area contributed by atoms with Crippen LogP contribution in [0.2, 0.25) is 0 Å². The van der Waals surface area contributed by atoms with E-state index in [0.717, 1.165) is 51.3 Å². The van der Waals surface area contributed by atoms with E-state index in [0.29, 0.717) is 23.3 Å². The van der Waals surface area contributed by atoms with Gasteiger partial charge in [-0.25, -0.2) is 0 Å². The lowest BCUT2D eigenvalue weighted by Gasteiger charge is -2.42. The molecule has 5 heteroatoms. The van der Waals surface area contributed by atoms with Crippen molar-refractivity contribution in [3.63, 3.8) is 0 Å². The largest absolute Gasteiger partial charge is 0.376 e. The van der Waals surface area contributed by atoms with E-state index < -0.39 is 0 Å². The Labute approximate surface area is 143 Å². The third-order valence-electron chi connectivity index (χ3n) is 5.12. The van der Waals surface area contributed by atoms with Crippen molar-refractivity contribution < 1.29 is 9.53 Å². The highest BCUT2D eigenvalue weighted by molar-refractivity contribution is 5.95. The van der Waals surface area contributed by atoms with Crippen LogP contribution in [0.3, 0.4) is 0 Å². The first-order valence-electron chi connectivity index (χ1n) is 8.74. The third kappa shape index (κ3) is 3.61. The molecule has 0 aromatic heterocycles. The molecule has 2 aliphatic rings. The van der Waals surface area contributed by atoms with E-state index in [2.05, 4.69) is 22.8 Å². The van der Waals surface area contributed by atoms with Crippen LogP contribution in [0.15, 0.2) is 18.2 Å². The van der Waals surface area contributed by atoms with Crippen molar-refractivity contribution in [1.82, 2.24) is 4.90 Å². The fourth-order valence-electron chi connectivity index (χ4n) is 3.76. The molecule has 128 valence electrons. The van der Waals surface area contributed by atoms with Crippen molar-refractivity contribution in [3.05, 3.63) is 29.3 Å². The van der Waals surface area contributed by atoms with Crippen LogP contribution in [0.4, 0.5) is 5.69 Å². The standard InChI is InChI=1S/C19H25N3O2/c1-14-13-22(9-10-24-14)18-5-7-21(8-6-18)19-11-16(15(2)23)3-4-17(19)12-20/h3-4,11,14,18H,5-10,13H2,1-2H3. The van der Waals surface area contributed by atoms with Crippen LogP contribution in [0.1, 0.15) is 42.6 Å². The van der Waals surface area contributed by atoms with E-state index in [1.165, 1.54) is 0 Å². The van der Waals surface area contributed by atoms with Crippen molar-refractivity contribution in [2.75, 3.05) is 37.7 Å². The molecular formula is C19H25N3O2. The molecular weight excluding hydrogens is 302 g/mol. The molecule has 1 atom stereocenters. The normalized spacial score (nSPS) is 23.0. The van der Waals surface area contributed by atoms with Gasteiger partial charge in [0.1, 0.15) is 6.07 Å². The lowest BCUT2D eigenvalue weighted by atomic mass is 9.99. The first-order chi connectivity index (χ1) is 11.6. The smallest absolute Gasteiger partial charge is 0.159 e. The lowest BCUT2D eigenvalue weighted by molar-refractivity contribution is -0.0373. The summed E-state index contributed by atoms with van der Waals surface area (Å²) in [5.41, 5.74) is 2.23. The fourth-order valence-corrected chi connectivity index (χ4v) is 3.76. The molecule has 0 N–H and O–H groups in total. The molecule has 0 aliphatic carbocycles.